The number of carbonyl (C=O) groups is 1. The van der Waals surface area contributed by atoms with Gasteiger partial charge in [0, 0.05) is 48.0 Å². The Morgan fingerprint density at radius 1 is 1.23 bits per heavy atom. The highest BCUT2D eigenvalue weighted by Gasteiger charge is 2.27. The van der Waals surface area contributed by atoms with Gasteiger partial charge in [-0.25, -0.2) is 4.98 Å². The molecule has 3 heterocycles. The second kappa shape index (κ2) is 7.75. The van der Waals surface area contributed by atoms with Gasteiger partial charge in [-0.15, -0.1) is 11.3 Å². The summed E-state index contributed by atoms with van der Waals surface area (Å²) in [5, 5.41) is 1.67. The van der Waals surface area contributed by atoms with E-state index in [4.69, 9.17) is 22.3 Å². The van der Waals surface area contributed by atoms with Crippen LogP contribution in [0, 0.1) is 5.92 Å². The van der Waals surface area contributed by atoms with E-state index in [2.05, 4.69) is 24.0 Å². The molecule has 0 saturated carbocycles. The van der Waals surface area contributed by atoms with Gasteiger partial charge in [-0.2, -0.15) is 0 Å². The quantitative estimate of drug-likeness (QED) is 0.631. The van der Waals surface area contributed by atoms with E-state index in [9.17, 15) is 4.79 Å². The number of nitrogen functional groups attached to an aromatic ring is 1. The molecule has 7 heteroatoms. The molecule has 2 aliphatic rings. The normalized spacial score (nSPS) is 19.2. The third-order valence-corrected chi connectivity index (χ3v) is 7.60. The smallest absolute Gasteiger partial charge is 0.266 e. The van der Waals surface area contributed by atoms with Crippen molar-refractivity contribution in [3.63, 3.8) is 0 Å². The maximum atomic E-state index is 13.2. The molecule has 1 saturated heterocycles. The highest BCUT2D eigenvalue weighted by atomic mass is 35.5. The molecule has 1 aliphatic heterocycles. The zero-order valence-electron chi connectivity index (χ0n) is 17.0. The molecule has 30 heavy (non-hydrogen) atoms. The van der Waals surface area contributed by atoms with Crippen molar-refractivity contribution in [2.24, 2.45) is 5.92 Å². The van der Waals surface area contributed by atoms with Crippen LogP contribution in [0.4, 0.5) is 11.4 Å². The summed E-state index contributed by atoms with van der Waals surface area (Å²) in [6.45, 7) is 5.17. The lowest BCUT2D eigenvalue weighted by atomic mass is 9.87. The van der Waals surface area contributed by atoms with Crippen molar-refractivity contribution in [2.45, 2.75) is 26.2 Å². The summed E-state index contributed by atoms with van der Waals surface area (Å²) < 4.78 is 0. The summed E-state index contributed by atoms with van der Waals surface area (Å²) in [6, 6.07) is 10.0. The van der Waals surface area contributed by atoms with Crippen LogP contribution in [0.25, 0.3) is 10.2 Å². The Morgan fingerprint density at radius 2 is 2.03 bits per heavy atom. The minimum absolute atomic E-state index is 0.0209. The molecule has 0 bridgehead atoms. The summed E-state index contributed by atoms with van der Waals surface area (Å²) in [6.07, 6.45) is 3.23. The van der Waals surface area contributed by atoms with Gasteiger partial charge in [-0.1, -0.05) is 24.6 Å². The minimum Gasteiger partial charge on any atom is -0.397 e. The van der Waals surface area contributed by atoms with E-state index >= 15 is 0 Å². The molecule has 1 aliphatic carbocycles. The average Bonchev–Trinajstić information content (AvgIpc) is 3.07. The summed E-state index contributed by atoms with van der Waals surface area (Å²) in [5.41, 5.74) is 10.6. The van der Waals surface area contributed by atoms with Gasteiger partial charge in [-0.3, -0.25) is 4.79 Å². The molecule has 1 atom stereocenters. The van der Waals surface area contributed by atoms with Crippen molar-refractivity contribution in [1.29, 1.82) is 0 Å². The molecule has 0 radical (unpaired) electrons. The number of pyridine rings is 1. The van der Waals surface area contributed by atoms with Crippen LogP contribution in [0.15, 0.2) is 30.3 Å². The predicted octanol–water partition coefficient (Wildman–Crippen LogP) is 4.62. The van der Waals surface area contributed by atoms with Crippen molar-refractivity contribution < 1.29 is 4.79 Å². The number of fused-ring (bicyclic) bond motifs is 2. The molecule has 1 aromatic carbocycles. The number of rotatable bonds is 2. The summed E-state index contributed by atoms with van der Waals surface area (Å²) >= 11 is 7.56. The summed E-state index contributed by atoms with van der Waals surface area (Å²) in [5.74, 6) is 0.695. The number of hydrogen-bond acceptors (Lipinski definition) is 5. The van der Waals surface area contributed by atoms with E-state index in [-0.39, 0.29) is 5.91 Å². The van der Waals surface area contributed by atoms with E-state index in [1.165, 1.54) is 29.0 Å². The van der Waals surface area contributed by atoms with Crippen molar-refractivity contribution in [2.75, 3.05) is 36.8 Å². The molecule has 2 N–H and O–H groups in total. The van der Waals surface area contributed by atoms with Crippen LogP contribution in [-0.2, 0) is 12.8 Å². The molecular formula is C23H25ClN4OS. The number of amides is 1. The lowest BCUT2D eigenvalue weighted by molar-refractivity contribution is 0.0752. The summed E-state index contributed by atoms with van der Waals surface area (Å²) in [4.78, 5) is 23.8. The van der Waals surface area contributed by atoms with Crippen LogP contribution >= 0.6 is 22.9 Å². The van der Waals surface area contributed by atoms with Gasteiger partial charge in [0.05, 0.1) is 5.69 Å². The second-order valence-corrected chi connectivity index (χ2v) is 9.83. The van der Waals surface area contributed by atoms with E-state index in [1.54, 1.807) is 0 Å². The van der Waals surface area contributed by atoms with Crippen LogP contribution < -0.4 is 10.6 Å². The van der Waals surface area contributed by atoms with E-state index in [0.29, 0.717) is 29.6 Å². The lowest BCUT2D eigenvalue weighted by Gasteiger charge is -2.36. The highest BCUT2D eigenvalue weighted by Crippen LogP contribution is 2.37. The molecule has 1 unspecified atom stereocenters. The van der Waals surface area contributed by atoms with Crippen molar-refractivity contribution in [3.05, 3.63) is 51.5 Å². The Morgan fingerprint density at radius 3 is 2.80 bits per heavy atom. The van der Waals surface area contributed by atoms with Crippen LogP contribution in [0.5, 0.6) is 0 Å². The van der Waals surface area contributed by atoms with E-state index in [0.717, 1.165) is 46.9 Å². The van der Waals surface area contributed by atoms with E-state index < -0.39 is 0 Å². The zero-order valence-corrected chi connectivity index (χ0v) is 18.6. The number of piperazine rings is 1. The Balaban J connectivity index is 1.36. The first-order valence-electron chi connectivity index (χ1n) is 10.5. The average molecular weight is 441 g/mol. The molecule has 1 fully saturated rings. The number of benzene rings is 1. The van der Waals surface area contributed by atoms with Crippen molar-refractivity contribution in [3.8, 4) is 0 Å². The van der Waals surface area contributed by atoms with Gasteiger partial charge < -0.3 is 15.5 Å². The Bertz CT molecular complexity index is 1120. The van der Waals surface area contributed by atoms with Crippen LogP contribution in [0.1, 0.15) is 34.3 Å². The van der Waals surface area contributed by atoms with Gasteiger partial charge in [0.2, 0.25) is 0 Å². The molecule has 156 valence electrons. The second-order valence-electron chi connectivity index (χ2n) is 8.40. The fourth-order valence-electron chi connectivity index (χ4n) is 4.52. The minimum atomic E-state index is 0.0209. The third kappa shape index (κ3) is 3.52. The fourth-order valence-corrected chi connectivity index (χ4v) is 5.76. The number of nitrogens with two attached hydrogens (primary N) is 1. The van der Waals surface area contributed by atoms with Crippen molar-refractivity contribution in [1.82, 2.24) is 9.88 Å². The summed E-state index contributed by atoms with van der Waals surface area (Å²) in [7, 11) is 0. The van der Waals surface area contributed by atoms with Gasteiger partial charge in [-0.05, 0) is 55.0 Å². The number of aromatic nitrogens is 1. The molecule has 5 nitrogen and oxygen atoms in total. The standard InChI is InChI=1S/C23H25ClN4OS/c1-14-5-6-19-15(11-14)12-18-20(25)21(30-22(18)26-19)23(29)28-9-7-27(8-10-28)17-4-2-3-16(24)13-17/h2-4,12-14H,5-11,25H2,1H3. The molecule has 3 aromatic rings. The molecule has 1 amide bonds. The number of nitrogens with zero attached hydrogens (tertiary/aromatic N) is 3. The lowest BCUT2D eigenvalue weighted by Crippen LogP contribution is -2.48. The van der Waals surface area contributed by atoms with Crippen LogP contribution in [-0.4, -0.2) is 42.0 Å². The number of aryl methyl sites for hydroxylation is 1. The Kier molecular flexibility index (Phi) is 5.07. The maximum Gasteiger partial charge on any atom is 0.266 e. The molecule has 0 spiro atoms. The van der Waals surface area contributed by atoms with Crippen LogP contribution in [0.3, 0.4) is 0 Å². The predicted molar refractivity (Wildman–Crippen MR) is 125 cm³/mol. The fraction of sp³-hybridized carbons (Fsp3) is 0.391. The number of halogens is 1. The number of anilines is 2. The molecular weight excluding hydrogens is 416 g/mol. The van der Waals surface area contributed by atoms with Gasteiger partial charge in [0.25, 0.3) is 5.91 Å². The van der Waals surface area contributed by atoms with E-state index in [1.807, 2.05) is 23.1 Å². The number of hydrogen-bond donors (Lipinski definition) is 1. The first kappa shape index (κ1) is 19.6. The van der Waals surface area contributed by atoms with Gasteiger partial charge in [0.15, 0.2) is 0 Å². The topological polar surface area (TPSA) is 62.5 Å². The highest BCUT2D eigenvalue weighted by molar-refractivity contribution is 7.21. The van der Waals surface area contributed by atoms with Crippen molar-refractivity contribution >= 4 is 50.4 Å². The molecule has 2 aromatic heterocycles. The zero-order chi connectivity index (χ0) is 20.8. The first-order chi connectivity index (χ1) is 14.5. The Hall–Kier alpha value is -2.31. The number of thiophene rings is 1. The first-order valence-corrected chi connectivity index (χ1v) is 11.7. The number of carbonyl (C=O) groups excluding carboxylic acids is 1. The van der Waals surface area contributed by atoms with Crippen LogP contribution in [0.2, 0.25) is 5.02 Å². The van der Waals surface area contributed by atoms with Gasteiger partial charge >= 0.3 is 0 Å². The monoisotopic (exact) mass is 440 g/mol. The largest absolute Gasteiger partial charge is 0.397 e. The van der Waals surface area contributed by atoms with Gasteiger partial charge in [0.1, 0.15) is 9.71 Å². The third-order valence-electron chi connectivity index (χ3n) is 6.27. The Labute approximate surface area is 185 Å². The maximum absolute atomic E-state index is 13.2. The molecule has 5 rings (SSSR count). The SMILES string of the molecule is CC1CCc2nc3sc(C(=O)N4CCN(c5cccc(Cl)c5)CC4)c(N)c3cc2C1.